The Morgan fingerprint density at radius 2 is 2.12 bits per heavy atom. The monoisotopic (exact) mass is 258 g/mol. The lowest BCUT2D eigenvalue weighted by Gasteiger charge is -2.06. The fourth-order valence-electron chi connectivity index (χ4n) is 1.12. The van der Waals surface area contributed by atoms with Gasteiger partial charge in [-0.05, 0) is 6.07 Å². The third-order valence-corrected chi connectivity index (χ3v) is 2.08. The lowest BCUT2D eigenvalue weighted by atomic mass is 10.1. The number of hydrogen-bond donors (Lipinski definition) is 2. The average Bonchev–Trinajstić information content (AvgIpc) is 2.28. The van der Waals surface area contributed by atoms with Crippen molar-refractivity contribution < 1.29 is 19.6 Å². The minimum atomic E-state index is -1.30. The quantitative estimate of drug-likeness (QED) is 0.483. The van der Waals surface area contributed by atoms with Crippen molar-refractivity contribution in [2.75, 3.05) is 11.2 Å². The molecule has 0 saturated heterocycles. The van der Waals surface area contributed by atoms with Crippen LogP contribution in [0.15, 0.2) is 18.2 Å². The molecule has 1 amide bonds. The zero-order chi connectivity index (χ0) is 13.0. The van der Waals surface area contributed by atoms with Gasteiger partial charge in [0.05, 0.1) is 16.2 Å². The summed E-state index contributed by atoms with van der Waals surface area (Å²) in [6, 6.07) is 3.05. The molecule has 0 spiro atoms. The van der Waals surface area contributed by atoms with Crippen molar-refractivity contribution >= 4 is 34.9 Å². The largest absolute Gasteiger partial charge is 0.478 e. The average molecular weight is 259 g/mol. The van der Waals surface area contributed by atoms with Crippen molar-refractivity contribution in [3.63, 3.8) is 0 Å². The molecule has 0 aliphatic rings. The van der Waals surface area contributed by atoms with Crippen LogP contribution in [0.4, 0.5) is 11.4 Å². The van der Waals surface area contributed by atoms with Crippen LogP contribution in [0.1, 0.15) is 10.4 Å². The molecule has 0 aliphatic heterocycles. The van der Waals surface area contributed by atoms with Crippen LogP contribution < -0.4 is 5.32 Å². The number of non-ortho nitro benzene ring substituents is 1. The number of rotatable bonds is 4. The van der Waals surface area contributed by atoms with Gasteiger partial charge in [0.25, 0.3) is 5.69 Å². The van der Waals surface area contributed by atoms with Crippen LogP contribution in [0.3, 0.4) is 0 Å². The molecule has 0 saturated carbocycles. The van der Waals surface area contributed by atoms with Gasteiger partial charge in [-0.1, -0.05) is 0 Å². The van der Waals surface area contributed by atoms with E-state index in [2.05, 4.69) is 5.32 Å². The molecule has 0 heterocycles. The maximum Gasteiger partial charge on any atom is 0.337 e. The Morgan fingerprint density at radius 1 is 1.47 bits per heavy atom. The number of carbonyl (C=O) groups excluding carboxylic acids is 1. The topological polar surface area (TPSA) is 110 Å². The predicted octanol–water partition coefficient (Wildman–Crippen LogP) is 1.47. The summed E-state index contributed by atoms with van der Waals surface area (Å²) in [5, 5.41) is 21.5. The molecule has 1 rings (SSSR count). The first-order chi connectivity index (χ1) is 7.95. The van der Waals surface area contributed by atoms with Gasteiger partial charge in [0.2, 0.25) is 5.91 Å². The lowest BCUT2D eigenvalue weighted by molar-refractivity contribution is -0.384. The minimum absolute atomic E-state index is 0.155. The summed E-state index contributed by atoms with van der Waals surface area (Å²) in [5.41, 5.74) is -0.716. The molecule has 0 aliphatic carbocycles. The number of nitro benzene ring substituents is 1. The molecular formula is C9H7ClN2O5. The molecule has 1 aromatic rings. The van der Waals surface area contributed by atoms with Crippen LogP contribution >= 0.6 is 11.6 Å². The number of amides is 1. The van der Waals surface area contributed by atoms with E-state index in [9.17, 15) is 19.7 Å². The molecule has 90 valence electrons. The summed E-state index contributed by atoms with van der Waals surface area (Å²) in [6.45, 7) is 0. The second-order valence-corrected chi connectivity index (χ2v) is 3.24. The van der Waals surface area contributed by atoms with E-state index >= 15 is 0 Å². The van der Waals surface area contributed by atoms with E-state index < -0.39 is 16.8 Å². The highest BCUT2D eigenvalue weighted by Crippen LogP contribution is 2.22. The van der Waals surface area contributed by atoms with Crippen LogP contribution in [0.25, 0.3) is 0 Å². The second kappa shape index (κ2) is 5.26. The van der Waals surface area contributed by atoms with Gasteiger partial charge in [0.15, 0.2) is 0 Å². The van der Waals surface area contributed by atoms with Crippen molar-refractivity contribution in [3.05, 3.63) is 33.9 Å². The summed E-state index contributed by atoms with van der Waals surface area (Å²) in [6.07, 6.45) is 0. The zero-order valence-electron chi connectivity index (χ0n) is 8.34. The van der Waals surface area contributed by atoms with E-state index in [1.54, 1.807) is 0 Å². The van der Waals surface area contributed by atoms with E-state index in [4.69, 9.17) is 16.7 Å². The summed E-state index contributed by atoms with van der Waals surface area (Å²) in [7, 11) is 0. The zero-order valence-corrected chi connectivity index (χ0v) is 9.10. The number of carboxylic acid groups (broad SMARTS) is 1. The summed E-state index contributed by atoms with van der Waals surface area (Å²) < 4.78 is 0. The molecule has 7 nitrogen and oxygen atoms in total. The Bertz CT molecular complexity index is 488. The number of hydrogen-bond acceptors (Lipinski definition) is 4. The Kier molecular flexibility index (Phi) is 4.00. The highest BCUT2D eigenvalue weighted by molar-refractivity contribution is 6.29. The van der Waals surface area contributed by atoms with E-state index in [0.717, 1.165) is 18.2 Å². The molecule has 0 radical (unpaired) electrons. The van der Waals surface area contributed by atoms with Crippen molar-refractivity contribution in [3.8, 4) is 0 Å². The van der Waals surface area contributed by atoms with Crippen LogP contribution in [-0.2, 0) is 4.79 Å². The fourth-order valence-corrected chi connectivity index (χ4v) is 1.19. The molecule has 0 bridgehead atoms. The number of benzene rings is 1. The highest BCUT2D eigenvalue weighted by atomic mass is 35.5. The third-order valence-electron chi connectivity index (χ3n) is 1.84. The molecule has 17 heavy (non-hydrogen) atoms. The number of nitrogens with one attached hydrogen (secondary N) is 1. The van der Waals surface area contributed by atoms with Crippen LogP contribution in [0.2, 0.25) is 0 Å². The van der Waals surface area contributed by atoms with Gasteiger partial charge >= 0.3 is 5.97 Å². The van der Waals surface area contributed by atoms with Crippen molar-refractivity contribution in [2.45, 2.75) is 0 Å². The first-order valence-electron chi connectivity index (χ1n) is 4.33. The highest BCUT2D eigenvalue weighted by Gasteiger charge is 2.16. The number of anilines is 1. The molecular weight excluding hydrogens is 252 g/mol. The maximum atomic E-state index is 11.0. The first-order valence-corrected chi connectivity index (χ1v) is 4.86. The number of nitro groups is 1. The van der Waals surface area contributed by atoms with Gasteiger partial charge in [-0.2, -0.15) is 0 Å². The van der Waals surface area contributed by atoms with E-state index in [1.807, 2.05) is 0 Å². The number of alkyl halides is 1. The van der Waals surface area contributed by atoms with Gasteiger partial charge in [0, 0.05) is 12.1 Å². The van der Waals surface area contributed by atoms with Crippen molar-refractivity contribution in [2.24, 2.45) is 0 Å². The van der Waals surface area contributed by atoms with E-state index in [-0.39, 0.29) is 22.8 Å². The van der Waals surface area contributed by atoms with Gasteiger partial charge < -0.3 is 10.4 Å². The number of aromatic carboxylic acids is 1. The SMILES string of the molecule is O=C(CCl)Nc1cc([N+](=O)[O-])ccc1C(=O)O. The summed E-state index contributed by atoms with van der Waals surface area (Å²) in [4.78, 5) is 31.7. The van der Waals surface area contributed by atoms with Crippen LogP contribution in [0.5, 0.6) is 0 Å². The predicted molar refractivity (Wildman–Crippen MR) is 59.4 cm³/mol. The molecule has 0 atom stereocenters. The van der Waals surface area contributed by atoms with Crippen LogP contribution in [0, 0.1) is 10.1 Å². The Hall–Kier alpha value is -2.15. The van der Waals surface area contributed by atoms with E-state index in [0.29, 0.717) is 0 Å². The summed E-state index contributed by atoms with van der Waals surface area (Å²) in [5.74, 6) is -2.32. The number of halogens is 1. The second-order valence-electron chi connectivity index (χ2n) is 2.97. The molecule has 1 aromatic carbocycles. The Morgan fingerprint density at radius 3 is 2.59 bits per heavy atom. The smallest absolute Gasteiger partial charge is 0.337 e. The van der Waals surface area contributed by atoms with Gasteiger partial charge in [-0.15, -0.1) is 11.6 Å². The molecule has 0 aromatic heterocycles. The van der Waals surface area contributed by atoms with Gasteiger partial charge in [-0.3, -0.25) is 14.9 Å². The Labute approximate surface area is 100 Å². The number of nitrogens with zero attached hydrogens (tertiary/aromatic N) is 1. The van der Waals surface area contributed by atoms with Gasteiger partial charge in [-0.25, -0.2) is 4.79 Å². The third kappa shape index (κ3) is 3.15. The molecule has 0 fully saturated rings. The lowest BCUT2D eigenvalue weighted by Crippen LogP contribution is -2.15. The molecule has 2 N–H and O–H groups in total. The Balaban J connectivity index is 3.20. The summed E-state index contributed by atoms with van der Waals surface area (Å²) >= 11 is 5.24. The number of carboxylic acids is 1. The molecule has 8 heteroatoms. The normalized spacial score (nSPS) is 9.71. The fraction of sp³-hybridized carbons (Fsp3) is 0.111. The van der Waals surface area contributed by atoms with Crippen molar-refractivity contribution in [1.29, 1.82) is 0 Å². The van der Waals surface area contributed by atoms with Crippen LogP contribution in [-0.4, -0.2) is 27.8 Å². The standard InChI is InChI=1S/C9H7ClN2O5/c10-4-8(13)11-7-3-5(12(16)17)1-2-6(7)9(14)15/h1-3H,4H2,(H,11,13)(H,14,15). The minimum Gasteiger partial charge on any atom is -0.478 e. The van der Waals surface area contributed by atoms with Crippen molar-refractivity contribution in [1.82, 2.24) is 0 Å². The number of carbonyl (C=O) groups is 2. The van der Waals surface area contributed by atoms with Gasteiger partial charge in [0.1, 0.15) is 5.88 Å². The maximum absolute atomic E-state index is 11.0. The van der Waals surface area contributed by atoms with E-state index in [1.165, 1.54) is 0 Å². The first kappa shape index (κ1) is 12.9. The molecule has 0 unspecified atom stereocenters.